The molecule has 2 rings (SSSR count). The molecule has 1 amide bonds. The Morgan fingerprint density at radius 1 is 1.22 bits per heavy atom. The van der Waals surface area contributed by atoms with Crippen LogP contribution in [0.3, 0.4) is 0 Å². The minimum atomic E-state index is -0.684. The van der Waals surface area contributed by atoms with E-state index in [1.54, 1.807) is 31.2 Å². The second-order valence-corrected chi connectivity index (χ2v) is 5.49. The van der Waals surface area contributed by atoms with E-state index in [0.717, 1.165) is 0 Å². The summed E-state index contributed by atoms with van der Waals surface area (Å²) in [7, 11) is 1.52. The molecule has 0 radical (unpaired) electrons. The predicted molar refractivity (Wildman–Crippen MR) is 99.5 cm³/mol. The fourth-order valence-electron chi connectivity index (χ4n) is 2.23. The van der Waals surface area contributed by atoms with E-state index in [4.69, 9.17) is 9.47 Å². The minimum absolute atomic E-state index is 0.0709. The molecule has 0 heterocycles. The van der Waals surface area contributed by atoms with Crippen molar-refractivity contribution in [3.8, 4) is 5.75 Å². The number of carbonyl (C=O) groups excluding carboxylic acids is 2. The average Bonchev–Trinajstić information content (AvgIpc) is 2.66. The maximum absolute atomic E-state index is 11.9. The predicted octanol–water partition coefficient (Wildman–Crippen LogP) is 3.11. The molecule has 0 atom stereocenters. The third-order valence-electron chi connectivity index (χ3n) is 3.58. The van der Waals surface area contributed by atoms with E-state index < -0.39 is 23.4 Å². The Labute approximate surface area is 155 Å². The van der Waals surface area contributed by atoms with Gasteiger partial charge in [0.05, 0.1) is 12.0 Å². The van der Waals surface area contributed by atoms with E-state index in [2.05, 4.69) is 5.32 Å². The topological polar surface area (TPSA) is 108 Å². The monoisotopic (exact) mass is 370 g/mol. The van der Waals surface area contributed by atoms with Crippen LogP contribution in [-0.2, 0) is 14.3 Å². The number of nitro groups is 1. The number of benzene rings is 2. The van der Waals surface area contributed by atoms with Gasteiger partial charge in [-0.1, -0.05) is 18.2 Å². The molecule has 1 N–H and O–H groups in total. The van der Waals surface area contributed by atoms with E-state index in [1.165, 1.54) is 37.5 Å². The highest BCUT2D eigenvalue weighted by Gasteiger charge is 2.11. The molecule has 8 heteroatoms. The van der Waals surface area contributed by atoms with Gasteiger partial charge < -0.3 is 14.8 Å². The van der Waals surface area contributed by atoms with Gasteiger partial charge in [0.1, 0.15) is 5.75 Å². The molecule has 0 saturated carbocycles. The fraction of sp³-hybridized carbons (Fsp3) is 0.158. The third kappa shape index (κ3) is 5.67. The second kappa shape index (κ2) is 9.14. The molecule has 0 unspecified atom stereocenters. The molecular formula is C19H18N2O6. The number of rotatable bonds is 7. The largest absolute Gasteiger partial charge is 0.496 e. The van der Waals surface area contributed by atoms with Gasteiger partial charge >= 0.3 is 5.97 Å². The Balaban J connectivity index is 1.89. The zero-order valence-corrected chi connectivity index (χ0v) is 14.8. The summed E-state index contributed by atoms with van der Waals surface area (Å²) in [6, 6.07) is 11.2. The van der Waals surface area contributed by atoms with Crippen LogP contribution in [0, 0.1) is 17.0 Å². The number of non-ortho nitro benzene ring substituents is 1. The van der Waals surface area contributed by atoms with Crippen LogP contribution in [0.4, 0.5) is 11.4 Å². The summed E-state index contributed by atoms with van der Waals surface area (Å²) in [4.78, 5) is 33.8. The summed E-state index contributed by atoms with van der Waals surface area (Å²) in [5.41, 5.74) is 1.56. The van der Waals surface area contributed by atoms with E-state index in [-0.39, 0.29) is 5.69 Å². The molecule has 0 saturated heterocycles. The van der Waals surface area contributed by atoms with Gasteiger partial charge in [0.2, 0.25) is 0 Å². The average molecular weight is 370 g/mol. The number of nitrogens with one attached hydrogen (secondary N) is 1. The minimum Gasteiger partial charge on any atom is -0.496 e. The zero-order valence-electron chi connectivity index (χ0n) is 14.8. The van der Waals surface area contributed by atoms with Crippen LogP contribution in [0.15, 0.2) is 48.5 Å². The molecule has 0 aliphatic heterocycles. The number of amides is 1. The SMILES string of the molecule is COc1ccccc1/C=C/C(=O)OCC(=O)Nc1ccc([N+](=O)[O-])cc1C. The molecule has 0 aromatic heterocycles. The summed E-state index contributed by atoms with van der Waals surface area (Å²) in [5.74, 6) is -0.629. The summed E-state index contributed by atoms with van der Waals surface area (Å²) < 4.78 is 10.1. The quantitative estimate of drug-likeness (QED) is 0.347. The van der Waals surface area contributed by atoms with Crippen LogP contribution in [-0.4, -0.2) is 30.5 Å². The first-order valence-electron chi connectivity index (χ1n) is 7.93. The number of anilines is 1. The molecule has 0 fully saturated rings. The summed E-state index contributed by atoms with van der Waals surface area (Å²) in [5, 5.41) is 13.3. The van der Waals surface area contributed by atoms with Crippen molar-refractivity contribution in [3.63, 3.8) is 0 Å². The third-order valence-corrected chi connectivity index (χ3v) is 3.58. The summed E-state index contributed by atoms with van der Waals surface area (Å²) in [6.07, 6.45) is 2.72. The first kappa shape index (κ1) is 19.6. The zero-order chi connectivity index (χ0) is 19.8. The highest BCUT2D eigenvalue weighted by molar-refractivity contribution is 5.95. The lowest BCUT2D eigenvalue weighted by molar-refractivity contribution is -0.384. The smallest absolute Gasteiger partial charge is 0.331 e. The number of methoxy groups -OCH3 is 1. The number of hydrogen-bond donors (Lipinski definition) is 1. The number of nitro benzene ring substituents is 1. The van der Waals surface area contributed by atoms with Crippen molar-refractivity contribution in [2.45, 2.75) is 6.92 Å². The summed E-state index contributed by atoms with van der Waals surface area (Å²) in [6.45, 7) is 1.15. The Kier molecular flexibility index (Phi) is 6.65. The maximum atomic E-state index is 11.9. The molecule has 0 spiro atoms. The molecule has 0 bridgehead atoms. The molecule has 2 aromatic carbocycles. The van der Waals surface area contributed by atoms with Gasteiger partial charge in [-0.25, -0.2) is 4.79 Å². The Morgan fingerprint density at radius 3 is 2.63 bits per heavy atom. The number of aryl methyl sites for hydroxylation is 1. The molecular weight excluding hydrogens is 352 g/mol. The summed E-state index contributed by atoms with van der Waals surface area (Å²) >= 11 is 0. The molecule has 2 aromatic rings. The van der Waals surface area contributed by atoms with Crippen molar-refractivity contribution in [1.29, 1.82) is 0 Å². The Hall–Kier alpha value is -3.68. The van der Waals surface area contributed by atoms with Crippen molar-refractivity contribution in [2.75, 3.05) is 19.0 Å². The first-order chi connectivity index (χ1) is 12.9. The van der Waals surface area contributed by atoms with Gasteiger partial charge in [0.15, 0.2) is 6.61 Å². The lowest BCUT2D eigenvalue weighted by Gasteiger charge is -2.08. The maximum Gasteiger partial charge on any atom is 0.331 e. The van der Waals surface area contributed by atoms with Crippen LogP contribution in [0.2, 0.25) is 0 Å². The number of carbonyl (C=O) groups is 2. The number of ether oxygens (including phenoxy) is 2. The van der Waals surface area contributed by atoms with Crippen molar-refractivity contribution >= 4 is 29.3 Å². The Morgan fingerprint density at radius 2 is 1.96 bits per heavy atom. The van der Waals surface area contributed by atoms with E-state index in [0.29, 0.717) is 22.6 Å². The fourth-order valence-corrected chi connectivity index (χ4v) is 2.23. The number of nitrogens with zero attached hydrogens (tertiary/aromatic N) is 1. The first-order valence-corrected chi connectivity index (χ1v) is 7.93. The molecule has 140 valence electrons. The van der Waals surface area contributed by atoms with Gasteiger partial charge in [0, 0.05) is 29.5 Å². The second-order valence-electron chi connectivity index (χ2n) is 5.49. The van der Waals surface area contributed by atoms with Crippen molar-refractivity contribution in [3.05, 3.63) is 69.8 Å². The van der Waals surface area contributed by atoms with Crippen LogP contribution in [0.5, 0.6) is 5.75 Å². The van der Waals surface area contributed by atoms with Gasteiger partial charge in [0.25, 0.3) is 11.6 Å². The molecule has 27 heavy (non-hydrogen) atoms. The normalized spacial score (nSPS) is 10.4. The van der Waals surface area contributed by atoms with E-state index in [1.807, 2.05) is 0 Å². The van der Waals surface area contributed by atoms with E-state index in [9.17, 15) is 19.7 Å². The standard InChI is InChI=1S/C19H18N2O6/c1-13-11-15(21(24)25)8-9-16(13)20-18(22)12-27-19(23)10-7-14-5-3-4-6-17(14)26-2/h3-11H,12H2,1-2H3,(H,20,22)/b10-7+. The number of hydrogen-bond acceptors (Lipinski definition) is 6. The molecule has 0 aliphatic rings. The van der Waals surface area contributed by atoms with Crippen molar-refractivity contribution in [1.82, 2.24) is 0 Å². The highest BCUT2D eigenvalue weighted by atomic mass is 16.6. The molecule has 8 nitrogen and oxygen atoms in total. The van der Waals surface area contributed by atoms with Gasteiger partial charge in [-0.2, -0.15) is 0 Å². The van der Waals surface area contributed by atoms with Crippen molar-refractivity contribution < 1.29 is 24.0 Å². The van der Waals surface area contributed by atoms with Gasteiger partial charge in [-0.15, -0.1) is 0 Å². The Bertz CT molecular complexity index is 892. The lowest BCUT2D eigenvalue weighted by Crippen LogP contribution is -2.20. The van der Waals surface area contributed by atoms with Crippen LogP contribution >= 0.6 is 0 Å². The highest BCUT2D eigenvalue weighted by Crippen LogP contribution is 2.21. The van der Waals surface area contributed by atoms with Gasteiger partial charge in [-0.05, 0) is 30.7 Å². The lowest BCUT2D eigenvalue weighted by atomic mass is 10.2. The number of para-hydroxylation sites is 1. The van der Waals surface area contributed by atoms with E-state index >= 15 is 0 Å². The number of esters is 1. The van der Waals surface area contributed by atoms with Crippen LogP contribution in [0.1, 0.15) is 11.1 Å². The van der Waals surface area contributed by atoms with Crippen LogP contribution in [0.25, 0.3) is 6.08 Å². The van der Waals surface area contributed by atoms with Crippen LogP contribution < -0.4 is 10.1 Å². The van der Waals surface area contributed by atoms with Crippen molar-refractivity contribution in [2.24, 2.45) is 0 Å². The van der Waals surface area contributed by atoms with Gasteiger partial charge in [-0.3, -0.25) is 14.9 Å². The molecule has 0 aliphatic carbocycles.